The Morgan fingerprint density at radius 1 is 1.44 bits per heavy atom. The Balaban J connectivity index is 2.43. The summed E-state index contributed by atoms with van der Waals surface area (Å²) in [6.07, 6.45) is 3.13. The fourth-order valence-electron chi connectivity index (χ4n) is 1.66. The number of hydrogen-bond donors (Lipinski definition) is 1. The number of rotatable bonds is 6. The summed E-state index contributed by atoms with van der Waals surface area (Å²) >= 11 is 1.72. The number of aryl methyl sites for hydroxylation is 1. The van der Waals surface area contributed by atoms with Crippen molar-refractivity contribution in [2.45, 2.75) is 33.2 Å². The maximum atomic E-state index is 4.32. The predicted octanol–water partition coefficient (Wildman–Crippen LogP) is 2.84. The minimum Gasteiger partial charge on any atom is -0.360 e. The van der Waals surface area contributed by atoms with Crippen LogP contribution in [0.15, 0.2) is 6.20 Å². The Bertz CT molecular complexity index is 307. The third-order valence-corrected chi connectivity index (χ3v) is 3.45. The molecule has 1 atom stereocenters. The highest BCUT2D eigenvalue weighted by atomic mass is 32.1. The molecule has 0 saturated heterocycles. The van der Waals surface area contributed by atoms with E-state index in [1.165, 1.54) is 11.3 Å². The van der Waals surface area contributed by atoms with Gasteiger partial charge in [-0.15, -0.1) is 11.3 Å². The molecule has 0 aliphatic rings. The molecule has 4 heteroatoms. The van der Waals surface area contributed by atoms with Gasteiger partial charge in [0.05, 0.1) is 0 Å². The van der Waals surface area contributed by atoms with Crippen molar-refractivity contribution in [2.24, 2.45) is 5.92 Å². The molecule has 1 N–H and O–H groups in total. The molecule has 0 spiro atoms. The van der Waals surface area contributed by atoms with Gasteiger partial charge in [0.1, 0.15) is 0 Å². The van der Waals surface area contributed by atoms with Crippen molar-refractivity contribution in [3.63, 3.8) is 0 Å². The Morgan fingerprint density at radius 2 is 2.12 bits per heavy atom. The summed E-state index contributed by atoms with van der Waals surface area (Å²) in [5, 5.41) is 4.45. The summed E-state index contributed by atoms with van der Waals surface area (Å²) in [6, 6.07) is 0.573. The third kappa shape index (κ3) is 4.49. The van der Waals surface area contributed by atoms with Crippen LogP contribution in [0.2, 0.25) is 0 Å². The van der Waals surface area contributed by atoms with E-state index in [2.05, 4.69) is 50.1 Å². The lowest BCUT2D eigenvalue weighted by molar-refractivity contribution is 0.266. The van der Waals surface area contributed by atoms with E-state index in [0.717, 1.165) is 17.6 Å². The molecule has 92 valence electrons. The van der Waals surface area contributed by atoms with Crippen molar-refractivity contribution in [2.75, 3.05) is 26.0 Å². The first-order valence-corrected chi connectivity index (χ1v) is 6.63. The quantitative estimate of drug-likeness (QED) is 0.830. The van der Waals surface area contributed by atoms with Crippen LogP contribution < -0.4 is 5.32 Å². The predicted molar refractivity (Wildman–Crippen MR) is 72.3 cm³/mol. The van der Waals surface area contributed by atoms with E-state index in [4.69, 9.17) is 0 Å². The van der Waals surface area contributed by atoms with Crippen LogP contribution in [0.4, 0.5) is 5.13 Å². The summed E-state index contributed by atoms with van der Waals surface area (Å²) < 4.78 is 0. The number of thiazole rings is 1. The standard InChI is InChI=1S/C12H23N3S/c1-9(2)6-11(15(4)5)8-14-12-13-7-10(3)16-12/h7,9,11H,6,8H2,1-5H3,(H,13,14). The number of likely N-dealkylation sites (N-methyl/N-ethyl adjacent to an activating group) is 1. The Labute approximate surface area is 103 Å². The van der Waals surface area contributed by atoms with Gasteiger partial charge < -0.3 is 10.2 Å². The maximum Gasteiger partial charge on any atom is 0.182 e. The summed E-state index contributed by atoms with van der Waals surface area (Å²) in [6.45, 7) is 7.59. The molecule has 0 bridgehead atoms. The van der Waals surface area contributed by atoms with E-state index in [-0.39, 0.29) is 0 Å². The highest BCUT2D eigenvalue weighted by Crippen LogP contribution is 2.17. The molecule has 1 rings (SSSR count). The fraction of sp³-hybridized carbons (Fsp3) is 0.750. The second-order valence-electron chi connectivity index (χ2n) is 4.90. The van der Waals surface area contributed by atoms with Crippen LogP contribution in [-0.2, 0) is 0 Å². The molecule has 1 aromatic rings. The van der Waals surface area contributed by atoms with E-state index in [1.54, 1.807) is 11.3 Å². The minimum atomic E-state index is 0.573. The molecule has 0 aromatic carbocycles. The second kappa shape index (κ2) is 6.21. The lowest BCUT2D eigenvalue weighted by atomic mass is 10.0. The number of hydrogen-bond acceptors (Lipinski definition) is 4. The molecule has 0 radical (unpaired) electrons. The molecule has 0 aliphatic carbocycles. The molecule has 1 unspecified atom stereocenters. The van der Waals surface area contributed by atoms with Crippen LogP contribution in [0.5, 0.6) is 0 Å². The van der Waals surface area contributed by atoms with Crippen molar-refractivity contribution in [1.29, 1.82) is 0 Å². The zero-order valence-electron chi connectivity index (χ0n) is 10.9. The first-order valence-electron chi connectivity index (χ1n) is 5.81. The van der Waals surface area contributed by atoms with Crippen LogP contribution in [0.3, 0.4) is 0 Å². The molecule has 0 fully saturated rings. The Hall–Kier alpha value is -0.610. The van der Waals surface area contributed by atoms with Gasteiger partial charge in [0.2, 0.25) is 0 Å². The second-order valence-corrected chi connectivity index (χ2v) is 6.14. The van der Waals surface area contributed by atoms with Gasteiger partial charge in [0.25, 0.3) is 0 Å². The number of nitrogens with one attached hydrogen (secondary N) is 1. The third-order valence-electron chi connectivity index (χ3n) is 2.58. The lowest BCUT2D eigenvalue weighted by Crippen LogP contribution is -2.35. The number of aromatic nitrogens is 1. The zero-order valence-corrected chi connectivity index (χ0v) is 11.8. The highest BCUT2D eigenvalue weighted by Gasteiger charge is 2.13. The molecule has 0 aliphatic heterocycles. The average Bonchev–Trinajstić information content (AvgIpc) is 2.58. The van der Waals surface area contributed by atoms with Gasteiger partial charge in [-0.3, -0.25) is 0 Å². The number of anilines is 1. The first-order chi connectivity index (χ1) is 7.49. The average molecular weight is 241 g/mol. The summed E-state index contributed by atoms with van der Waals surface area (Å²) in [5.41, 5.74) is 0. The van der Waals surface area contributed by atoms with Gasteiger partial charge >= 0.3 is 0 Å². The lowest BCUT2D eigenvalue weighted by Gasteiger charge is -2.26. The van der Waals surface area contributed by atoms with Crippen molar-refractivity contribution in [3.05, 3.63) is 11.1 Å². The zero-order chi connectivity index (χ0) is 12.1. The topological polar surface area (TPSA) is 28.2 Å². The molecule has 0 saturated carbocycles. The van der Waals surface area contributed by atoms with E-state index in [9.17, 15) is 0 Å². The molecule has 1 heterocycles. The molecule has 0 amide bonds. The minimum absolute atomic E-state index is 0.573. The fourth-order valence-corrected chi connectivity index (χ4v) is 2.33. The van der Waals surface area contributed by atoms with Crippen LogP contribution in [-0.4, -0.2) is 36.6 Å². The van der Waals surface area contributed by atoms with E-state index in [0.29, 0.717) is 6.04 Å². The van der Waals surface area contributed by atoms with Crippen molar-refractivity contribution >= 4 is 16.5 Å². The van der Waals surface area contributed by atoms with E-state index >= 15 is 0 Å². The van der Waals surface area contributed by atoms with Gasteiger partial charge in [0.15, 0.2) is 5.13 Å². The van der Waals surface area contributed by atoms with Gasteiger partial charge in [0, 0.05) is 23.7 Å². The van der Waals surface area contributed by atoms with Gasteiger partial charge in [-0.25, -0.2) is 4.98 Å². The monoisotopic (exact) mass is 241 g/mol. The molecule has 1 aromatic heterocycles. The van der Waals surface area contributed by atoms with Gasteiger partial charge in [-0.05, 0) is 33.4 Å². The van der Waals surface area contributed by atoms with Crippen LogP contribution >= 0.6 is 11.3 Å². The highest BCUT2D eigenvalue weighted by molar-refractivity contribution is 7.15. The molecular weight excluding hydrogens is 218 g/mol. The number of nitrogens with zero attached hydrogens (tertiary/aromatic N) is 2. The van der Waals surface area contributed by atoms with Crippen molar-refractivity contribution < 1.29 is 0 Å². The Morgan fingerprint density at radius 3 is 2.56 bits per heavy atom. The van der Waals surface area contributed by atoms with Gasteiger partial charge in [-0.2, -0.15) is 0 Å². The molecule has 16 heavy (non-hydrogen) atoms. The van der Waals surface area contributed by atoms with E-state index < -0.39 is 0 Å². The summed E-state index contributed by atoms with van der Waals surface area (Å²) in [4.78, 5) is 7.86. The summed E-state index contributed by atoms with van der Waals surface area (Å²) in [5.74, 6) is 0.729. The van der Waals surface area contributed by atoms with Crippen LogP contribution in [0.1, 0.15) is 25.1 Å². The smallest absolute Gasteiger partial charge is 0.182 e. The van der Waals surface area contributed by atoms with Crippen molar-refractivity contribution in [3.8, 4) is 0 Å². The van der Waals surface area contributed by atoms with Crippen LogP contribution in [0.25, 0.3) is 0 Å². The molecular formula is C12H23N3S. The molecule has 3 nitrogen and oxygen atoms in total. The Kier molecular flexibility index (Phi) is 5.22. The largest absolute Gasteiger partial charge is 0.360 e. The van der Waals surface area contributed by atoms with Gasteiger partial charge in [-0.1, -0.05) is 13.8 Å². The van der Waals surface area contributed by atoms with E-state index in [1.807, 2.05) is 6.20 Å². The normalized spacial score (nSPS) is 13.4. The van der Waals surface area contributed by atoms with Crippen molar-refractivity contribution in [1.82, 2.24) is 9.88 Å². The SMILES string of the molecule is Cc1cnc(NCC(CC(C)C)N(C)C)s1. The maximum absolute atomic E-state index is 4.32. The van der Waals surface area contributed by atoms with Crippen LogP contribution in [0, 0.1) is 12.8 Å². The summed E-state index contributed by atoms with van der Waals surface area (Å²) in [7, 11) is 4.28. The first kappa shape index (κ1) is 13.5.